The van der Waals surface area contributed by atoms with E-state index in [-0.39, 0.29) is 0 Å². The molecule has 88 valence electrons. The highest BCUT2D eigenvalue weighted by molar-refractivity contribution is 7.71. The molecule has 1 unspecified atom stereocenters. The Hall–Kier alpha value is -0.640. The van der Waals surface area contributed by atoms with Crippen molar-refractivity contribution in [2.75, 3.05) is 0 Å². The Balaban J connectivity index is 2.03. The smallest absolute Gasteiger partial charge is 0.195 e. The van der Waals surface area contributed by atoms with Crippen molar-refractivity contribution in [3.8, 4) is 0 Å². The van der Waals surface area contributed by atoms with Gasteiger partial charge in [-0.25, -0.2) is 0 Å². The Morgan fingerprint density at radius 3 is 2.69 bits per heavy atom. The van der Waals surface area contributed by atoms with E-state index in [1.807, 2.05) is 0 Å². The first-order valence-electron chi connectivity index (χ1n) is 6.26. The number of hydrogen-bond donors (Lipinski definition) is 1. The van der Waals surface area contributed by atoms with E-state index in [2.05, 4.69) is 28.6 Å². The highest BCUT2D eigenvalue weighted by Crippen LogP contribution is 2.49. The summed E-state index contributed by atoms with van der Waals surface area (Å²) in [6.45, 7) is 4.72. The van der Waals surface area contributed by atoms with Crippen LogP contribution in [0.4, 0.5) is 0 Å². The third-order valence-electron chi connectivity index (χ3n) is 4.21. The summed E-state index contributed by atoms with van der Waals surface area (Å²) in [6.07, 6.45) is 6.44. The lowest BCUT2D eigenvalue weighted by atomic mass is 9.81. The van der Waals surface area contributed by atoms with Gasteiger partial charge in [-0.05, 0) is 43.3 Å². The summed E-state index contributed by atoms with van der Waals surface area (Å²) < 4.78 is 3.10. The fourth-order valence-corrected chi connectivity index (χ4v) is 3.34. The van der Waals surface area contributed by atoms with E-state index < -0.39 is 0 Å². The van der Waals surface area contributed by atoms with Crippen LogP contribution in [0.15, 0.2) is 0 Å². The molecule has 1 atom stereocenters. The molecule has 3 nitrogen and oxygen atoms in total. The lowest BCUT2D eigenvalue weighted by Gasteiger charge is -2.26. The van der Waals surface area contributed by atoms with Gasteiger partial charge >= 0.3 is 0 Å². The standard InChI is InChI=1S/C12H19N3S/c1-12(2)7-3-4-9(12)10-13-14-11(16)15(10)8-5-6-8/h8-9H,3-7H2,1-2H3,(H,14,16). The highest BCUT2D eigenvalue weighted by atomic mass is 32.1. The summed E-state index contributed by atoms with van der Waals surface area (Å²) in [7, 11) is 0. The van der Waals surface area contributed by atoms with Crippen molar-refractivity contribution < 1.29 is 0 Å². The first-order chi connectivity index (χ1) is 7.59. The number of aromatic amines is 1. The summed E-state index contributed by atoms with van der Waals surface area (Å²) in [5, 5.41) is 7.49. The third kappa shape index (κ3) is 1.54. The molecule has 16 heavy (non-hydrogen) atoms. The van der Waals surface area contributed by atoms with Crippen molar-refractivity contribution in [3.05, 3.63) is 10.6 Å². The van der Waals surface area contributed by atoms with Gasteiger partial charge in [-0.1, -0.05) is 20.3 Å². The maximum Gasteiger partial charge on any atom is 0.195 e. The molecule has 2 aliphatic carbocycles. The molecule has 2 fully saturated rings. The lowest BCUT2D eigenvalue weighted by molar-refractivity contribution is 0.314. The van der Waals surface area contributed by atoms with Gasteiger partial charge in [0.25, 0.3) is 0 Å². The summed E-state index contributed by atoms with van der Waals surface area (Å²) in [5.74, 6) is 1.80. The van der Waals surface area contributed by atoms with Crippen LogP contribution in [-0.2, 0) is 0 Å². The van der Waals surface area contributed by atoms with Crippen LogP contribution in [0, 0.1) is 10.2 Å². The van der Waals surface area contributed by atoms with E-state index in [0.717, 1.165) is 4.77 Å². The zero-order chi connectivity index (χ0) is 11.3. The number of hydrogen-bond acceptors (Lipinski definition) is 2. The van der Waals surface area contributed by atoms with E-state index in [0.29, 0.717) is 17.4 Å². The monoisotopic (exact) mass is 237 g/mol. The molecule has 0 radical (unpaired) electrons. The molecule has 1 N–H and O–H groups in total. The Kier molecular flexibility index (Phi) is 2.25. The van der Waals surface area contributed by atoms with Crippen molar-refractivity contribution in [2.24, 2.45) is 5.41 Å². The van der Waals surface area contributed by atoms with E-state index in [4.69, 9.17) is 12.2 Å². The molecule has 2 saturated carbocycles. The van der Waals surface area contributed by atoms with E-state index in [1.165, 1.54) is 37.9 Å². The average Bonchev–Trinajstić information content (AvgIpc) is 2.89. The SMILES string of the molecule is CC1(C)CCCC1c1n[nH]c(=S)n1C1CC1. The zero-order valence-electron chi connectivity index (χ0n) is 9.99. The molecule has 2 aliphatic rings. The van der Waals surface area contributed by atoms with Gasteiger partial charge in [-0.3, -0.25) is 5.10 Å². The summed E-state index contributed by atoms with van der Waals surface area (Å²) >= 11 is 5.34. The normalized spacial score (nSPS) is 28.5. The molecule has 0 spiro atoms. The maximum atomic E-state index is 5.34. The van der Waals surface area contributed by atoms with Crippen LogP contribution in [0.1, 0.15) is 63.7 Å². The molecule has 0 aromatic carbocycles. The number of H-pyrrole nitrogens is 1. The summed E-state index contributed by atoms with van der Waals surface area (Å²) in [6, 6.07) is 0.637. The van der Waals surface area contributed by atoms with Crippen LogP contribution < -0.4 is 0 Å². The van der Waals surface area contributed by atoms with Crippen LogP contribution in [0.5, 0.6) is 0 Å². The minimum atomic E-state index is 0.383. The number of aromatic nitrogens is 3. The van der Waals surface area contributed by atoms with Crippen LogP contribution >= 0.6 is 12.2 Å². The zero-order valence-corrected chi connectivity index (χ0v) is 10.8. The topological polar surface area (TPSA) is 33.6 Å². The maximum absolute atomic E-state index is 5.34. The van der Waals surface area contributed by atoms with E-state index >= 15 is 0 Å². The number of nitrogens with one attached hydrogen (secondary N) is 1. The van der Waals surface area contributed by atoms with Gasteiger partial charge in [0, 0.05) is 12.0 Å². The molecule has 1 aromatic heterocycles. The number of rotatable bonds is 2. The summed E-state index contributed by atoms with van der Waals surface area (Å²) in [4.78, 5) is 0. The third-order valence-corrected chi connectivity index (χ3v) is 4.50. The first-order valence-corrected chi connectivity index (χ1v) is 6.67. The van der Waals surface area contributed by atoms with Gasteiger partial charge in [-0.2, -0.15) is 5.10 Å². The van der Waals surface area contributed by atoms with Gasteiger partial charge in [-0.15, -0.1) is 0 Å². The largest absolute Gasteiger partial charge is 0.301 e. The summed E-state index contributed by atoms with van der Waals surface area (Å²) in [5.41, 5.74) is 0.383. The van der Waals surface area contributed by atoms with Gasteiger partial charge in [0.15, 0.2) is 4.77 Å². The first kappa shape index (κ1) is 10.5. The van der Waals surface area contributed by atoms with Crippen molar-refractivity contribution in [2.45, 2.75) is 57.9 Å². The van der Waals surface area contributed by atoms with Crippen molar-refractivity contribution >= 4 is 12.2 Å². The Labute approximate surface area is 101 Å². The van der Waals surface area contributed by atoms with Crippen LogP contribution in [0.25, 0.3) is 0 Å². The second kappa shape index (κ2) is 3.42. The Morgan fingerprint density at radius 2 is 2.12 bits per heavy atom. The van der Waals surface area contributed by atoms with Crippen LogP contribution in [0.2, 0.25) is 0 Å². The van der Waals surface area contributed by atoms with Crippen molar-refractivity contribution in [1.82, 2.24) is 14.8 Å². The predicted molar refractivity (Wildman–Crippen MR) is 66.1 cm³/mol. The molecule has 0 aliphatic heterocycles. The van der Waals surface area contributed by atoms with Crippen LogP contribution in [-0.4, -0.2) is 14.8 Å². The highest BCUT2D eigenvalue weighted by Gasteiger charge is 2.40. The Morgan fingerprint density at radius 1 is 1.38 bits per heavy atom. The molecule has 4 heteroatoms. The average molecular weight is 237 g/mol. The molecule has 0 saturated heterocycles. The minimum Gasteiger partial charge on any atom is -0.301 e. The van der Waals surface area contributed by atoms with Crippen molar-refractivity contribution in [3.63, 3.8) is 0 Å². The van der Waals surface area contributed by atoms with Gasteiger partial charge in [0.05, 0.1) is 0 Å². The van der Waals surface area contributed by atoms with Crippen LogP contribution in [0.3, 0.4) is 0 Å². The fraction of sp³-hybridized carbons (Fsp3) is 0.833. The molecule has 3 rings (SSSR count). The Bertz CT molecular complexity index is 453. The molecule has 1 heterocycles. The quantitative estimate of drug-likeness (QED) is 0.798. The van der Waals surface area contributed by atoms with E-state index in [9.17, 15) is 0 Å². The van der Waals surface area contributed by atoms with Crippen molar-refractivity contribution in [1.29, 1.82) is 0 Å². The second-order valence-electron chi connectivity index (χ2n) is 5.92. The number of nitrogens with zero attached hydrogens (tertiary/aromatic N) is 2. The molecule has 0 amide bonds. The molecular weight excluding hydrogens is 218 g/mol. The lowest BCUT2D eigenvalue weighted by Crippen LogP contribution is -2.19. The van der Waals surface area contributed by atoms with Gasteiger partial charge < -0.3 is 4.57 Å². The molecular formula is C12H19N3S. The second-order valence-corrected chi connectivity index (χ2v) is 6.31. The predicted octanol–water partition coefficient (Wildman–Crippen LogP) is 3.57. The van der Waals surface area contributed by atoms with Gasteiger partial charge in [0.2, 0.25) is 0 Å². The molecule has 1 aromatic rings. The fourth-order valence-electron chi connectivity index (χ4n) is 3.05. The molecule has 0 bridgehead atoms. The van der Waals surface area contributed by atoms with Gasteiger partial charge in [0.1, 0.15) is 5.82 Å². The van der Waals surface area contributed by atoms with E-state index in [1.54, 1.807) is 0 Å². The minimum absolute atomic E-state index is 0.383.